The van der Waals surface area contributed by atoms with Gasteiger partial charge in [-0.25, -0.2) is 0 Å². The van der Waals surface area contributed by atoms with Crippen LogP contribution in [0.1, 0.15) is 36.6 Å². The Morgan fingerprint density at radius 2 is 1.94 bits per heavy atom. The van der Waals surface area contributed by atoms with E-state index in [9.17, 15) is 0 Å². The molecule has 1 aliphatic rings. The minimum atomic E-state index is 0.175. The molecule has 2 rings (SSSR count). The van der Waals surface area contributed by atoms with Gasteiger partial charge in [-0.2, -0.15) is 0 Å². The van der Waals surface area contributed by atoms with Gasteiger partial charge in [-0.15, -0.1) is 11.3 Å². The highest BCUT2D eigenvalue weighted by Gasteiger charge is 2.15. The number of hydrogen-bond acceptors (Lipinski definition) is 3. The van der Waals surface area contributed by atoms with Gasteiger partial charge in [-0.05, 0) is 54.0 Å². The largest absolute Gasteiger partial charge is 0.322 e. The Kier molecular flexibility index (Phi) is 4.82. The minimum Gasteiger partial charge on any atom is -0.322 e. The molecular weight excluding hydrogens is 284 g/mol. The Labute approximate surface area is 110 Å². The van der Waals surface area contributed by atoms with Gasteiger partial charge < -0.3 is 10.6 Å². The molecule has 2 heterocycles. The van der Waals surface area contributed by atoms with Crippen molar-refractivity contribution in [3.8, 4) is 0 Å². The highest BCUT2D eigenvalue weighted by atomic mass is 79.9. The van der Waals surface area contributed by atoms with Crippen LogP contribution in [-0.4, -0.2) is 24.5 Å². The Balaban J connectivity index is 1.88. The average Bonchev–Trinajstić information content (AvgIpc) is 2.54. The van der Waals surface area contributed by atoms with Gasteiger partial charge in [0, 0.05) is 11.4 Å². The van der Waals surface area contributed by atoms with E-state index >= 15 is 0 Å². The van der Waals surface area contributed by atoms with E-state index in [0.29, 0.717) is 0 Å². The van der Waals surface area contributed by atoms with E-state index in [2.05, 4.69) is 33.0 Å². The molecule has 1 aromatic heterocycles. The zero-order chi connectivity index (χ0) is 11.4. The van der Waals surface area contributed by atoms with Crippen molar-refractivity contribution in [3.63, 3.8) is 0 Å². The lowest BCUT2D eigenvalue weighted by Crippen LogP contribution is -2.32. The van der Waals surface area contributed by atoms with Crippen LogP contribution in [0.5, 0.6) is 0 Å². The van der Waals surface area contributed by atoms with Crippen molar-refractivity contribution < 1.29 is 0 Å². The van der Waals surface area contributed by atoms with Crippen LogP contribution in [-0.2, 0) is 0 Å². The Morgan fingerprint density at radius 3 is 2.50 bits per heavy atom. The molecule has 1 fully saturated rings. The zero-order valence-electron chi connectivity index (χ0n) is 9.49. The van der Waals surface area contributed by atoms with Crippen LogP contribution in [0.3, 0.4) is 0 Å². The normalized spacial score (nSPS) is 20.6. The van der Waals surface area contributed by atoms with Crippen molar-refractivity contribution in [2.45, 2.75) is 31.7 Å². The number of thiophene rings is 1. The molecule has 0 aromatic carbocycles. The topological polar surface area (TPSA) is 29.3 Å². The summed E-state index contributed by atoms with van der Waals surface area (Å²) in [5, 5.41) is 0. The molecule has 16 heavy (non-hydrogen) atoms. The highest BCUT2D eigenvalue weighted by molar-refractivity contribution is 9.11. The first-order valence-electron chi connectivity index (χ1n) is 5.99. The maximum absolute atomic E-state index is 6.24. The lowest BCUT2D eigenvalue weighted by molar-refractivity contribution is 0.269. The zero-order valence-corrected chi connectivity index (χ0v) is 11.9. The van der Waals surface area contributed by atoms with Crippen molar-refractivity contribution in [1.82, 2.24) is 4.90 Å². The van der Waals surface area contributed by atoms with Gasteiger partial charge in [-0.3, -0.25) is 0 Å². The molecule has 0 aliphatic carbocycles. The maximum atomic E-state index is 6.24. The fourth-order valence-corrected chi connectivity index (χ4v) is 3.63. The molecule has 1 aromatic rings. The summed E-state index contributed by atoms with van der Waals surface area (Å²) < 4.78 is 1.17. The highest BCUT2D eigenvalue weighted by Crippen LogP contribution is 2.27. The Morgan fingerprint density at radius 1 is 1.25 bits per heavy atom. The predicted molar refractivity (Wildman–Crippen MR) is 73.9 cm³/mol. The molecule has 1 unspecified atom stereocenters. The van der Waals surface area contributed by atoms with E-state index < -0.39 is 0 Å². The van der Waals surface area contributed by atoms with Crippen LogP contribution >= 0.6 is 27.3 Å². The van der Waals surface area contributed by atoms with Gasteiger partial charge in [0.05, 0.1) is 9.83 Å². The first-order valence-corrected chi connectivity index (χ1v) is 7.60. The molecule has 0 amide bonds. The molecule has 1 atom stereocenters. The molecule has 4 heteroatoms. The third kappa shape index (κ3) is 3.55. The second-order valence-electron chi connectivity index (χ2n) is 4.46. The van der Waals surface area contributed by atoms with Crippen molar-refractivity contribution in [3.05, 3.63) is 20.8 Å². The first-order chi connectivity index (χ1) is 7.75. The van der Waals surface area contributed by atoms with E-state index in [1.54, 1.807) is 11.3 Å². The summed E-state index contributed by atoms with van der Waals surface area (Å²) >= 11 is 5.24. The van der Waals surface area contributed by atoms with Crippen LogP contribution in [0.4, 0.5) is 0 Å². The lowest BCUT2D eigenvalue weighted by atomic mass is 10.2. The molecule has 90 valence electrons. The smallest absolute Gasteiger partial charge is 0.0701 e. The Hall–Kier alpha value is 0.1000. The van der Waals surface area contributed by atoms with Crippen molar-refractivity contribution in [2.75, 3.05) is 19.6 Å². The molecular formula is C12H19BrN2S. The molecule has 0 bridgehead atoms. The summed E-state index contributed by atoms with van der Waals surface area (Å²) in [7, 11) is 0. The van der Waals surface area contributed by atoms with Crippen LogP contribution < -0.4 is 5.73 Å². The molecule has 0 saturated carbocycles. The molecule has 1 saturated heterocycles. The summed E-state index contributed by atoms with van der Waals surface area (Å²) in [6, 6.07) is 4.40. The van der Waals surface area contributed by atoms with Gasteiger partial charge in [0.25, 0.3) is 0 Å². The van der Waals surface area contributed by atoms with Crippen molar-refractivity contribution >= 4 is 27.3 Å². The summed E-state index contributed by atoms with van der Waals surface area (Å²) in [6.07, 6.45) is 5.44. The average molecular weight is 303 g/mol. The van der Waals surface area contributed by atoms with Gasteiger partial charge in [0.15, 0.2) is 0 Å². The fraction of sp³-hybridized carbons (Fsp3) is 0.667. The summed E-state index contributed by atoms with van der Waals surface area (Å²) in [5.74, 6) is 0. The van der Waals surface area contributed by atoms with E-state index in [1.165, 1.54) is 47.4 Å². The van der Waals surface area contributed by atoms with Gasteiger partial charge >= 0.3 is 0 Å². The van der Waals surface area contributed by atoms with Crippen LogP contribution in [0.2, 0.25) is 0 Å². The summed E-state index contributed by atoms with van der Waals surface area (Å²) in [5.41, 5.74) is 6.24. The molecule has 1 aliphatic heterocycles. The second-order valence-corrected chi connectivity index (χ2v) is 6.96. The third-order valence-electron chi connectivity index (χ3n) is 3.11. The van der Waals surface area contributed by atoms with Crippen LogP contribution in [0.25, 0.3) is 0 Å². The van der Waals surface area contributed by atoms with Crippen LogP contribution in [0, 0.1) is 0 Å². The van der Waals surface area contributed by atoms with Gasteiger partial charge in [0.2, 0.25) is 0 Å². The number of nitrogens with zero attached hydrogens (tertiary/aromatic N) is 1. The number of hydrogen-bond donors (Lipinski definition) is 1. The van der Waals surface area contributed by atoms with Crippen LogP contribution in [0.15, 0.2) is 15.9 Å². The lowest BCUT2D eigenvalue weighted by Gasteiger charge is -2.23. The monoisotopic (exact) mass is 302 g/mol. The second kappa shape index (κ2) is 6.15. The first kappa shape index (κ1) is 12.6. The number of likely N-dealkylation sites (tertiary alicyclic amines) is 1. The molecule has 2 nitrogen and oxygen atoms in total. The van der Waals surface area contributed by atoms with Crippen molar-refractivity contribution in [2.24, 2.45) is 5.73 Å². The number of rotatable bonds is 3. The third-order valence-corrected chi connectivity index (χ3v) is 4.87. The molecule has 0 radical (unpaired) electrons. The van der Waals surface area contributed by atoms with E-state index in [4.69, 9.17) is 5.73 Å². The van der Waals surface area contributed by atoms with E-state index in [0.717, 1.165) is 6.54 Å². The fourth-order valence-electron chi connectivity index (χ4n) is 2.21. The van der Waals surface area contributed by atoms with Gasteiger partial charge in [-0.1, -0.05) is 12.8 Å². The minimum absolute atomic E-state index is 0.175. The summed E-state index contributed by atoms with van der Waals surface area (Å²) in [4.78, 5) is 3.81. The number of nitrogens with two attached hydrogens (primary N) is 1. The maximum Gasteiger partial charge on any atom is 0.0701 e. The van der Waals surface area contributed by atoms with E-state index in [-0.39, 0.29) is 6.04 Å². The summed E-state index contributed by atoms with van der Waals surface area (Å²) in [6.45, 7) is 3.45. The van der Waals surface area contributed by atoms with Crippen molar-refractivity contribution in [1.29, 1.82) is 0 Å². The Bertz CT molecular complexity index is 319. The van der Waals surface area contributed by atoms with Gasteiger partial charge in [0.1, 0.15) is 0 Å². The SMILES string of the molecule is NC(CN1CCCCCC1)c1ccc(Br)s1. The standard InChI is InChI=1S/C12H19BrN2S/c13-12-6-5-11(16-12)10(14)9-15-7-3-1-2-4-8-15/h5-6,10H,1-4,7-9,14H2. The molecule has 2 N–H and O–H groups in total. The quantitative estimate of drug-likeness (QED) is 0.927. The predicted octanol–water partition coefficient (Wildman–Crippen LogP) is 3.39. The van der Waals surface area contributed by atoms with E-state index in [1.807, 2.05) is 0 Å². The number of halogens is 1. The molecule has 0 spiro atoms.